The van der Waals surface area contributed by atoms with E-state index in [1.54, 1.807) is 0 Å². The summed E-state index contributed by atoms with van der Waals surface area (Å²) in [5.74, 6) is -3.55. The van der Waals surface area contributed by atoms with E-state index in [4.69, 9.17) is 19.8 Å². The van der Waals surface area contributed by atoms with Gasteiger partial charge in [-0.2, -0.15) is 0 Å². The van der Waals surface area contributed by atoms with Crippen LogP contribution in [0, 0.1) is 13.8 Å². The van der Waals surface area contributed by atoms with E-state index in [1.165, 1.54) is 11.1 Å². The van der Waals surface area contributed by atoms with Crippen molar-refractivity contribution in [1.29, 1.82) is 0 Å². The Balaban J connectivity index is 0.000000534. The van der Waals surface area contributed by atoms with E-state index in [-0.39, 0.29) is 5.91 Å². The number of rotatable bonds is 6. The lowest BCUT2D eigenvalue weighted by molar-refractivity contribution is -0.159. The van der Waals surface area contributed by atoms with Crippen molar-refractivity contribution in [2.45, 2.75) is 26.8 Å². The highest BCUT2D eigenvalue weighted by molar-refractivity contribution is 6.27. The number of amides is 1. The van der Waals surface area contributed by atoms with Crippen molar-refractivity contribution in [2.24, 2.45) is 0 Å². The zero-order valence-electron chi connectivity index (χ0n) is 18.6. The Labute approximate surface area is 188 Å². The van der Waals surface area contributed by atoms with Gasteiger partial charge in [-0.1, -0.05) is 42.5 Å². The first-order valence-electron chi connectivity index (χ1n) is 10.6. The summed E-state index contributed by atoms with van der Waals surface area (Å²) in [6.07, 6.45) is 0.548. The molecule has 1 amide bonds. The molecule has 0 unspecified atom stereocenters. The lowest BCUT2D eigenvalue weighted by Gasteiger charge is -2.34. The maximum absolute atomic E-state index is 12.3. The smallest absolute Gasteiger partial charge is 0.414 e. The largest absolute Gasteiger partial charge is 0.473 e. The Morgan fingerprint density at radius 3 is 2.06 bits per heavy atom. The third kappa shape index (κ3) is 8.87. The summed E-state index contributed by atoms with van der Waals surface area (Å²) in [5.41, 5.74) is 4.58. The second-order valence-electron chi connectivity index (χ2n) is 7.83. The third-order valence-electron chi connectivity index (χ3n) is 5.22. The zero-order chi connectivity index (χ0) is 23.5. The molecule has 0 aliphatic carbocycles. The van der Waals surface area contributed by atoms with Crippen molar-refractivity contribution in [3.05, 3.63) is 65.2 Å². The highest BCUT2D eigenvalue weighted by atomic mass is 16.4. The van der Waals surface area contributed by atoms with Crippen LogP contribution in [0.1, 0.15) is 23.1 Å². The zero-order valence-corrected chi connectivity index (χ0v) is 18.6. The van der Waals surface area contributed by atoms with Gasteiger partial charge in [0.25, 0.3) is 0 Å². The Morgan fingerprint density at radius 1 is 0.875 bits per heavy atom. The summed E-state index contributed by atoms with van der Waals surface area (Å²) in [7, 11) is 0. The number of nitrogens with zero attached hydrogens (tertiary/aromatic N) is 2. The van der Waals surface area contributed by atoms with Gasteiger partial charge in [-0.25, -0.2) is 9.59 Å². The third-order valence-corrected chi connectivity index (χ3v) is 5.22. The van der Waals surface area contributed by atoms with Crippen LogP contribution in [0.5, 0.6) is 0 Å². The van der Waals surface area contributed by atoms with Gasteiger partial charge >= 0.3 is 11.9 Å². The lowest BCUT2D eigenvalue weighted by Crippen LogP contribution is -2.46. The van der Waals surface area contributed by atoms with Crippen molar-refractivity contribution in [3.8, 4) is 0 Å². The van der Waals surface area contributed by atoms with E-state index in [1.807, 2.05) is 19.9 Å². The predicted octanol–water partition coefficient (Wildman–Crippen LogP) is 2.61. The number of nitrogens with one attached hydrogen (secondary N) is 1. The molecule has 0 saturated carbocycles. The maximum Gasteiger partial charge on any atom is 0.414 e. The summed E-state index contributed by atoms with van der Waals surface area (Å²) >= 11 is 0. The van der Waals surface area contributed by atoms with Gasteiger partial charge in [0.05, 0.1) is 0 Å². The predicted molar refractivity (Wildman–Crippen MR) is 123 cm³/mol. The molecule has 0 spiro atoms. The van der Waals surface area contributed by atoms with Gasteiger partial charge in [-0.15, -0.1) is 0 Å². The molecule has 2 aromatic carbocycles. The number of aryl methyl sites for hydroxylation is 2. The first-order valence-corrected chi connectivity index (χ1v) is 10.6. The van der Waals surface area contributed by atoms with Gasteiger partial charge in [0.15, 0.2) is 0 Å². The van der Waals surface area contributed by atoms with Gasteiger partial charge in [0, 0.05) is 51.4 Å². The molecular weight excluding hydrogens is 410 g/mol. The van der Waals surface area contributed by atoms with E-state index < -0.39 is 11.9 Å². The van der Waals surface area contributed by atoms with Crippen molar-refractivity contribution < 1.29 is 24.6 Å². The average molecular weight is 442 g/mol. The molecule has 1 aliphatic heterocycles. The van der Waals surface area contributed by atoms with Gasteiger partial charge < -0.3 is 20.4 Å². The molecule has 0 bridgehead atoms. The van der Waals surface area contributed by atoms with Crippen LogP contribution in [0.3, 0.4) is 0 Å². The van der Waals surface area contributed by atoms with Crippen LogP contribution in [-0.2, 0) is 20.9 Å². The highest BCUT2D eigenvalue weighted by Crippen LogP contribution is 2.16. The summed E-state index contributed by atoms with van der Waals surface area (Å²) in [6, 6.07) is 16.8. The summed E-state index contributed by atoms with van der Waals surface area (Å²) in [5, 5.41) is 17.8. The van der Waals surface area contributed by atoms with Crippen LogP contribution in [0.25, 0.3) is 0 Å². The fourth-order valence-electron chi connectivity index (χ4n) is 3.36. The molecule has 8 heteroatoms. The molecule has 1 heterocycles. The molecule has 1 saturated heterocycles. The molecule has 2 aromatic rings. The van der Waals surface area contributed by atoms with Crippen LogP contribution in [0.4, 0.5) is 5.69 Å². The van der Waals surface area contributed by atoms with Crippen LogP contribution >= 0.6 is 0 Å². The summed E-state index contributed by atoms with van der Waals surface area (Å²) < 4.78 is 0. The number of carbonyl (C=O) groups is 3. The van der Waals surface area contributed by atoms with Crippen molar-refractivity contribution in [1.82, 2.24) is 9.80 Å². The topological polar surface area (TPSA) is 110 Å². The average Bonchev–Trinajstić information content (AvgIpc) is 2.77. The summed E-state index contributed by atoms with van der Waals surface area (Å²) in [6.45, 7) is 10.1. The number of hydrogen-bond acceptors (Lipinski definition) is 5. The Morgan fingerprint density at radius 2 is 1.47 bits per heavy atom. The molecule has 0 radical (unpaired) electrons. The fourth-order valence-corrected chi connectivity index (χ4v) is 3.36. The second-order valence-corrected chi connectivity index (χ2v) is 7.83. The number of carbonyl (C=O) groups excluding carboxylic acids is 1. The van der Waals surface area contributed by atoms with Crippen molar-refractivity contribution >= 4 is 23.5 Å². The molecule has 3 rings (SSSR count). The summed E-state index contributed by atoms with van der Waals surface area (Å²) in [4.78, 5) is 35.4. The van der Waals surface area contributed by atoms with E-state index in [0.29, 0.717) is 6.42 Å². The van der Waals surface area contributed by atoms with E-state index in [0.717, 1.165) is 50.5 Å². The van der Waals surface area contributed by atoms with E-state index >= 15 is 0 Å². The van der Waals surface area contributed by atoms with Gasteiger partial charge in [0.2, 0.25) is 5.91 Å². The quantitative estimate of drug-likeness (QED) is 0.591. The monoisotopic (exact) mass is 441 g/mol. The standard InChI is InChI=1S/C22H29N3O.C2H2O4/c1-18-8-9-19(2)21(16-18)23-22(26)10-11-24-12-14-25(15-13-24)17-20-6-4-3-5-7-20;3-1(4)2(5)6/h3-9,16H,10-15,17H2,1-2H3,(H,23,26);(H,3,4)(H,5,6). The van der Waals surface area contributed by atoms with Crippen LogP contribution < -0.4 is 5.32 Å². The van der Waals surface area contributed by atoms with Gasteiger partial charge in [-0.3, -0.25) is 9.69 Å². The Kier molecular flexibility index (Phi) is 9.84. The molecule has 32 heavy (non-hydrogen) atoms. The van der Waals surface area contributed by atoms with Crippen LogP contribution in [0.2, 0.25) is 0 Å². The number of carboxylic acid groups (broad SMARTS) is 2. The molecular formula is C24H31N3O5. The fraction of sp³-hybridized carbons (Fsp3) is 0.375. The first-order chi connectivity index (χ1) is 15.2. The van der Waals surface area contributed by atoms with Gasteiger partial charge in [-0.05, 0) is 36.6 Å². The maximum atomic E-state index is 12.3. The number of anilines is 1. The first kappa shape index (κ1) is 25.0. The minimum absolute atomic E-state index is 0.102. The van der Waals surface area contributed by atoms with Crippen molar-refractivity contribution in [3.63, 3.8) is 0 Å². The number of benzene rings is 2. The molecule has 172 valence electrons. The number of piperazine rings is 1. The van der Waals surface area contributed by atoms with Crippen molar-refractivity contribution in [2.75, 3.05) is 38.0 Å². The number of hydrogen-bond donors (Lipinski definition) is 3. The van der Waals surface area contributed by atoms with E-state index in [9.17, 15) is 4.79 Å². The highest BCUT2D eigenvalue weighted by Gasteiger charge is 2.17. The SMILES string of the molecule is Cc1ccc(C)c(NC(=O)CCN2CCN(Cc3ccccc3)CC2)c1.O=C(O)C(=O)O. The minimum atomic E-state index is -1.82. The van der Waals surface area contributed by atoms with Gasteiger partial charge in [0.1, 0.15) is 0 Å². The Bertz CT molecular complexity index is 897. The normalized spacial score (nSPS) is 14.2. The number of aliphatic carboxylic acids is 2. The lowest BCUT2D eigenvalue weighted by atomic mass is 10.1. The van der Waals surface area contributed by atoms with Crippen LogP contribution in [0.15, 0.2) is 48.5 Å². The molecule has 0 atom stereocenters. The Hall–Kier alpha value is -3.23. The minimum Gasteiger partial charge on any atom is -0.473 e. The second kappa shape index (κ2) is 12.6. The molecule has 1 aliphatic rings. The molecule has 1 fully saturated rings. The van der Waals surface area contributed by atoms with E-state index in [2.05, 4.69) is 57.6 Å². The molecule has 8 nitrogen and oxygen atoms in total. The van der Waals surface area contributed by atoms with Crippen LogP contribution in [-0.4, -0.2) is 70.6 Å². The number of carboxylic acids is 2. The molecule has 3 N–H and O–H groups in total. The molecule has 0 aromatic heterocycles.